The second-order valence-electron chi connectivity index (χ2n) is 7.03. The zero-order valence-electron chi connectivity index (χ0n) is 16.2. The molecule has 2 heterocycles. The predicted molar refractivity (Wildman–Crippen MR) is 109 cm³/mol. The minimum atomic E-state index is -0.100. The SMILES string of the molecule is CCOc1nccc2c(C(=O)c3ccc([C@H](C)N)c4c3OCCC4)cccc12. The highest BCUT2D eigenvalue weighted by Crippen LogP contribution is 2.36. The third-order valence-corrected chi connectivity index (χ3v) is 5.14. The maximum Gasteiger partial charge on any atom is 0.221 e. The average Bonchev–Trinajstić information content (AvgIpc) is 2.72. The van der Waals surface area contributed by atoms with Crippen LogP contribution in [0.5, 0.6) is 11.6 Å². The molecule has 0 spiro atoms. The molecule has 0 fully saturated rings. The highest BCUT2D eigenvalue weighted by Gasteiger charge is 2.25. The van der Waals surface area contributed by atoms with Crippen LogP contribution in [0.3, 0.4) is 0 Å². The van der Waals surface area contributed by atoms with E-state index in [-0.39, 0.29) is 11.8 Å². The number of pyridine rings is 1. The molecule has 2 N–H and O–H groups in total. The molecule has 28 heavy (non-hydrogen) atoms. The first-order valence-electron chi connectivity index (χ1n) is 9.71. The van der Waals surface area contributed by atoms with Crippen LogP contribution in [0.4, 0.5) is 0 Å². The van der Waals surface area contributed by atoms with Gasteiger partial charge >= 0.3 is 0 Å². The molecular weight excluding hydrogens is 352 g/mol. The van der Waals surface area contributed by atoms with Crippen molar-refractivity contribution >= 4 is 16.6 Å². The summed E-state index contributed by atoms with van der Waals surface area (Å²) in [6.07, 6.45) is 3.48. The lowest BCUT2D eigenvalue weighted by atomic mass is 9.89. The van der Waals surface area contributed by atoms with E-state index in [1.54, 1.807) is 6.20 Å². The first-order valence-corrected chi connectivity index (χ1v) is 9.71. The van der Waals surface area contributed by atoms with Crippen molar-refractivity contribution in [3.05, 3.63) is 64.8 Å². The van der Waals surface area contributed by atoms with Gasteiger partial charge in [0, 0.05) is 23.2 Å². The number of hydrogen-bond acceptors (Lipinski definition) is 5. The van der Waals surface area contributed by atoms with Crippen LogP contribution in [-0.2, 0) is 6.42 Å². The van der Waals surface area contributed by atoms with Crippen molar-refractivity contribution in [2.24, 2.45) is 5.73 Å². The van der Waals surface area contributed by atoms with E-state index in [0.717, 1.165) is 34.7 Å². The van der Waals surface area contributed by atoms with Crippen LogP contribution in [-0.4, -0.2) is 24.0 Å². The van der Waals surface area contributed by atoms with E-state index in [0.29, 0.717) is 36.0 Å². The molecule has 1 aliphatic rings. The standard InChI is InChI=1S/C23H24N2O3/c1-3-27-23-19-7-4-6-17(16(19)11-12-25-23)21(26)20-10-9-15(14(2)24)18-8-5-13-28-22(18)20/h4,6-7,9-12,14H,3,5,8,13,24H2,1-2H3/t14-/m0/s1. The summed E-state index contributed by atoms with van der Waals surface area (Å²) >= 11 is 0. The summed E-state index contributed by atoms with van der Waals surface area (Å²) in [6.45, 7) is 5.01. The fraction of sp³-hybridized carbons (Fsp3) is 0.304. The smallest absolute Gasteiger partial charge is 0.221 e. The fourth-order valence-corrected chi connectivity index (χ4v) is 3.87. The zero-order valence-corrected chi connectivity index (χ0v) is 16.2. The molecule has 0 bridgehead atoms. The predicted octanol–water partition coefficient (Wildman–Crippen LogP) is 4.21. The molecule has 3 aromatic rings. The molecule has 0 radical (unpaired) electrons. The lowest BCUT2D eigenvalue weighted by molar-refractivity contribution is 0.103. The van der Waals surface area contributed by atoms with E-state index in [2.05, 4.69) is 4.98 Å². The van der Waals surface area contributed by atoms with Crippen LogP contribution in [0.25, 0.3) is 10.8 Å². The monoisotopic (exact) mass is 376 g/mol. The Bertz CT molecular complexity index is 1040. The Morgan fingerprint density at radius 3 is 2.86 bits per heavy atom. The number of nitrogens with zero attached hydrogens (tertiary/aromatic N) is 1. The Morgan fingerprint density at radius 1 is 1.21 bits per heavy atom. The van der Waals surface area contributed by atoms with Crippen LogP contribution in [0.2, 0.25) is 0 Å². The van der Waals surface area contributed by atoms with Crippen molar-refractivity contribution in [1.29, 1.82) is 0 Å². The number of rotatable bonds is 5. The molecule has 0 aliphatic carbocycles. The molecular formula is C23H24N2O3. The van der Waals surface area contributed by atoms with Crippen LogP contribution in [0, 0.1) is 0 Å². The highest BCUT2D eigenvalue weighted by atomic mass is 16.5. The topological polar surface area (TPSA) is 74.4 Å². The number of nitrogens with two attached hydrogens (primary N) is 1. The summed E-state index contributed by atoms with van der Waals surface area (Å²) in [5, 5.41) is 1.66. The number of carbonyl (C=O) groups excluding carboxylic acids is 1. The Morgan fingerprint density at radius 2 is 2.07 bits per heavy atom. The summed E-state index contributed by atoms with van der Waals surface area (Å²) in [7, 11) is 0. The first kappa shape index (κ1) is 18.4. The Hall–Kier alpha value is -2.92. The second-order valence-corrected chi connectivity index (χ2v) is 7.03. The van der Waals surface area contributed by atoms with Crippen molar-refractivity contribution < 1.29 is 14.3 Å². The number of ketones is 1. The van der Waals surface area contributed by atoms with Crippen LogP contribution >= 0.6 is 0 Å². The minimum absolute atomic E-state index is 0.0615. The third-order valence-electron chi connectivity index (χ3n) is 5.14. The molecule has 1 atom stereocenters. The van der Waals surface area contributed by atoms with Gasteiger partial charge in [0.05, 0.1) is 18.8 Å². The Labute approximate surface area is 164 Å². The van der Waals surface area contributed by atoms with Gasteiger partial charge in [0.1, 0.15) is 5.75 Å². The van der Waals surface area contributed by atoms with Gasteiger partial charge in [-0.3, -0.25) is 4.79 Å². The van der Waals surface area contributed by atoms with Gasteiger partial charge in [0.25, 0.3) is 0 Å². The highest BCUT2D eigenvalue weighted by molar-refractivity contribution is 6.18. The number of fused-ring (bicyclic) bond motifs is 2. The summed E-state index contributed by atoms with van der Waals surface area (Å²) in [5.74, 6) is 1.16. The van der Waals surface area contributed by atoms with Crippen LogP contribution in [0.15, 0.2) is 42.6 Å². The largest absolute Gasteiger partial charge is 0.493 e. The molecule has 0 saturated heterocycles. The van der Waals surface area contributed by atoms with Crippen molar-refractivity contribution in [2.45, 2.75) is 32.7 Å². The van der Waals surface area contributed by atoms with Gasteiger partial charge in [-0.25, -0.2) is 4.98 Å². The summed E-state index contributed by atoms with van der Waals surface area (Å²) < 4.78 is 11.6. The third kappa shape index (κ3) is 3.12. The summed E-state index contributed by atoms with van der Waals surface area (Å²) in [5.41, 5.74) is 9.44. The second kappa shape index (κ2) is 7.60. The van der Waals surface area contributed by atoms with Crippen LogP contribution < -0.4 is 15.2 Å². The van der Waals surface area contributed by atoms with Crippen molar-refractivity contribution in [3.63, 3.8) is 0 Å². The van der Waals surface area contributed by atoms with Crippen molar-refractivity contribution in [1.82, 2.24) is 4.98 Å². The van der Waals surface area contributed by atoms with Crippen molar-refractivity contribution in [3.8, 4) is 11.6 Å². The van der Waals surface area contributed by atoms with E-state index in [1.807, 2.05) is 50.2 Å². The van der Waals surface area contributed by atoms with Gasteiger partial charge in [-0.15, -0.1) is 0 Å². The van der Waals surface area contributed by atoms with E-state index >= 15 is 0 Å². The molecule has 5 heteroatoms. The van der Waals surface area contributed by atoms with E-state index in [9.17, 15) is 4.79 Å². The van der Waals surface area contributed by atoms with Gasteiger partial charge in [-0.2, -0.15) is 0 Å². The molecule has 1 aliphatic heterocycles. The Kier molecular flexibility index (Phi) is 5.01. The molecule has 5 nitrogen and oxygen atoms in total. The number of aromatic nitrogens is 1. The maximum absolute atomic E-state index is 13.5. The average molecular weight is 376 g/mol. The molecule has 2 aromatic carbocycles. The maximum atomic E-state index is 13.5. The number of hydrogen-bond donors (Lipinski definition) is 1. The normalized spacial score (nSPS) is 14.2. The van der Waals surface area contributed by atoms with Gasteiger partial charge in [-0.05, 0) is 61.4 Å². The van der Waals surface area contributed by atoms with Gasteiger partial charge < -0.3 is 15.2 Å². The molecule has 144 valence electrons. The van der Waals surface area contributed by atoms with E-state index < -0.39 is 0 Å². The summed E-state index contributed by atoms with van der Waals surface area (Å²) in [6, 6.07) is 11.2. The zero-order chi connectivity index (χ0) is 19.7. The van der Waals surface area contributed by atoms with E-state index in [1.165, 1.54) is 0 Å². The summed E-state index contributed by atoms with van der Waals surface area (Å²) in [4.78, 5) is 17.8. The number of benzene rings is 2. The van der Waals surface area contributed by atoms with Gasteiger partial charge in [0.2, 0.25) is 5.88 Å². The minimum Gasteiger partial charge on any atom is -0.493 e. The lowest BCUT2D eigenvalue weighted by Gasteiger charge is -2.24. The fourth-order valence-electron chi connectivity index (χ4n) is 3.87. The molecule has 4 rings (SSSR count). The first-order chi connectivity index (χ1) is 13.6. The van der Waals surface area contributed by atoms with Gasteiger partial charge in [-0.1, -0.05) is 18.2 Å². The quantitative estimate of drug-likeness (QED) is 0.675. The Balaban J connectivity index is 1.86. The molecule has 1 aromatic heterocycles. The lowest BCUT2D eigenvalue weighted by Crippen LogP contribution is -2.18. The van der Waals surface area contributed by atoms with Crippen molar-refractivity contribution in [2.75, 3.05) is 13.2 Å². The van der Waals surface area contributed by atoms with Crippen LogP contribution in [0.1, 0.15) is 53.4 Å². The molecule has 0 amide bonds. The van der Waals surface area contributed by atoms with E-state index in [4.69, 9.17) is 15.2 Å². The number of carbonyl (C=O) groups is 1. The molecule has 0 unspecified atom stereocenters. The molecule has 0 saturated carbocycles. The van der Waals surface area contributed by atoms with Gasteiger partial charge in [0.15, 0.2) is 5.78 Å². The number of ether oxygens (including phenoxy) is 2.